The van der Waals surface area contributed by atoms with Crippen LogP contribution in [0, 0.1) is 5.92 Å². The van der Waals surface area contributed by atoms with Gasteiger partial charge in [-0.15, -0.1) is 0 Å². The molecule has 0 aromatic heterocycles. The monoisotopic (exact) mass is 219 g/mol. The molecule has 3 heteroatoms. The molecule has 0 saturated carbocycles. The number of anilines is 1. The standard InChI is InChI=1S/C13H17NO2/c1-3-9-5-4-6-10-7-11(14-12(9)10)8(2)13(15)16/h4-6,8,11,14H,3,7H2,1-2H3,(H,15,16). The number of hydrogen-bond donors (Lipinski definition) is 2. The van der Waals surface area contributed by atoms with Crippen LogP contribution in [0.15, 0.2) is 18.2 Å². The van der Waals surface area contributed by atoms with Crippen LogP contribution in [-0.4, -0.2) is 17.1 Å². The van der Waals surface area contributed by atoms with Crippen LogP contribution >= 0.6 is 0 Å². The summed E-state index contributed by atoms with van der Waals surface area (Å²) in [5, 5.41) is 12.4. The van der Waals surface area contributed by atoms with Crippen molar-refractivity contribution in [1.29, 1.82) is 0 Å². The zero-order valence-electron chi connectivity index (χ0n) is 9.66. The Morgan fingerprint density at radius 3 is 3.00 bits per heavy atom. The van der Waals surface area contributed by atoms with E-state index in [2.05, 4.69) is 24.4 Å². The minimum absolute atomic E-state index is 0.0280. The van der Waals surface area contributed by atoms with Crippen molar-refractivity contribution in [3.8, 4) is 0 Å². The largest absolute Gasteiger partial charge is 0.481 e. The molecule has 1 heterocycles. The van der Waals surface area contributed by atoms with E-state index < -0.39 is 5.97 Å². The van der Waals surface area contributed by atoms with Gasteiger partial charge < -0.3 is 10.4 Å². The molecule has 0 amide bonds. The Morgan fingerprint density at radius 2 is 2.38 bits per heavy atom. The van der Waals surface area contributed by atoms with E-state index in [-0.39, 0.29) is 12.0 Å². The van der Waals surface area contributed by atoms with Crippen LogP contribution in [0.4, 0.5) is 5.69 Å². The number of aryl methyl sites for hydroxylation is 1. The fourth-order valence-electron chi connectivity index (χ4n) is 2.25. The van der Waals surface area contributed by atoms with Gasteiger partial charge in [-0.2, -0.15) is 0 Å². The van der Waals surface area contributed by atoms with Gasteiger partial charge in [-0.05, 0) is 30.9 Å². The van der Waals surface area contributed by atoms with Gasteiger partial charge >= 0.3 is 5.97 Å². The van der Waals surface area contributed by atoms with Crippen molar-refractivity contribution < 1.29 is 9.90 Å². The lowest BCUT2D eigenvalue weighted by Gasteiger charge is -2.16. The predicted octanol–water partition coefficient (Wildman–Crippen LogP) is 2.31. The zero-order chi connectivity index (χ0) is 11.7. The first-order valence-electron chi connectivity index (χ1n) is 5.73. The summed E-state index contributed by atoms with van der Waals surface area (Å²) in [4.78, 5) is 11.0. The molecule has 1 aliphatic rings. The van der Waals surface area contributed by atoms with Crippen molar-refractivity contribution in [1.82, 2.24) is 0 Å². The zero-order valence-corrected chi connectivity index (χ0v) is 9.66. The number of benzene rings is 1. The molecule has 16 heavy (non-hydrogen) atoms. The van der Waals surface area contributed by atoms with Gasteiger partial charge in [-0.25, -0.2) is 0 Å². The smallest absolute Gasteiger partial charge is 0.308 e. The van der Waals surface area contributed by atoms with E-state index in [0.717, 1.165) is 18.5 Å². The number of fused-ring (bicyclic) bond motifs is 1. The second kappa shape index (κ2) is 4.16. The molecule has 2 unspecified atom stereocenters. The molecule has 3 nitrogen and oxygen atoms in total. The molecule has 1 aromatic carbocycles. The molecule has 1 aliphatic heterocycles. The SMILES string of the molecule is CCc1cccc2c1NC(C(C)C(=O)O)C2. The highest BCUT2D eigenvalue weighted by Gasteiger charge is 2.30. The summed E-state index contributed by atoms with van der Waals surface area (Å²) in [7, 11) is 0. The number of nitrogens with one attached hydrogen (secondary N) is 1. The van der Waals surface area contributed by atoms with Gasteiger partial charge in [-0.3, -0.25) is 4.79 Å². The maximum absolute atomic E-state index is 11.0. The molecule has 0 saturated heterocycles. The van der Waals surface area contributed by atoms with E-state index in [1.54, 1.807) is 6.92 Å². The lowest BCUT2D eigenvalue weighted by molar-refractivity contribution is -0.141. The van der Waals surface area contributed by atoms with Crippen LogP contribution in [0.3, 0.4) is 0 Å². The highest BCUT2D eigenvalue weighted by Crippen LogP contribution is 2.32. The first-order valence-corrected chi connectivity index (χ1v) is 5.73. The number of rotatable bonds is 3. The lowest BCUT2D eigenvalue weighted by atomic mass is 9.98. The Bertz CT molecular complexity index is 414. The number of carboxylic acid groups (broad SMARTS) is 1. The van der Waals surface area contributed by atoms with Gasteiger partial charge in [0.15, 0.2) is 0 Å². The van der Waals surface area contributed by atoms with Crippen molar-refractivity contribution in [2.45, 2.75) is 32.7 Å². The molecule has 0 radical (unpaired) electrons. The van der Waals surface area contributed by atoms with Gasteiger partial charge in [0.2, 0.25) is 0 Å². The highest BCUT2D eigenvalue weighted by molar-refractivity contribution is 5.73. The quantitative estimate of drug-likeness (QED) is 0.820. The summed E-state index contributed by atoms with van der Waals surface area (Å²) < 4.78 is 0. The fourth-order valence-corrected chi connectivity index (χ4v) is 2.25. The Kier molecular flexibility index (Phi) is 2.86. The Labute approximate surface area is 95.5 Å². The molecule has 0 bridgehead atoms. The summed E-state index contributed by atoms with van der Waals surface area (Å²) in [6, 6.07) is 6.25. The molecule has 0 aliphatic carbocycles. The first kappa shape index (κ1) is 11.0. The maximum atomic E-state index is 11.0. The Balaban J connectivity index is 2.24. The molecule has 2 N–H and O–H groups in total. The van der Waals surface area contributed by atoms with Crippen LogP contribution in [0.2, 0.25) is 0 Å². The molecule has 1 aromatic rings. The summed E-state index contributed by atoms with van der Waals surface area (Å²) in [6.45, 7) is 3.88. The van der Waals surface area contributed by atoms with Gasteiger partial charge in [0.25, 0.3) is 0 Å². The van der Waals surface area contributed by atoms with E-state index in [4.69, 9.17) is 5.11 Å². The lowest BCUT2D eigenvalue weighted by Crippen LogP contribution is -2.30. The van der Waals surface area contributed by atoms with Crippen molar-refractivity contribution in [2.75, 3.05) is 5.32 Å². The maximum Gasteiger partial charge on any atom is 0.308 e. The van der Waals surface area contributed by atoms with Crippen molar-refractivity contribution >= 4 is 11.7 Å². The molecule has 2 rings (SSSR count). The van der Waals surface area contributed by atoms with Crippen molar-refractivity contribution in [3.63, 3.8) is 0 Å². The number of hydrogen-bond acceptors (Lipinski definition) is 2. The Morgan fingerprint density at radius 1 is 1.62 bits per heavy atom. The molecule has 86 valence electrons. The minimum Gasteiger partial charge on any atom is -0.481 e. The van der Waals surface area contributed by atoms with Crippen LogP contribution in [0.25, 0.3) is 0 Å². The average Bonchev–Trinajstić information content (AvgIpc) is 2.70. The van der Waals surface area contributed by atoms with Crippen LogP contribution in [-0.2, 0) is 17.6 Å². The normalized spacial score (nSPS) is 20.0. The van der Waals surface area contributed by atoms with Gasteiger partial charge in [0.05, 0.1) is 5.92 Å². The average molecular weight is 219 g/mol. The minimum atomic E-state index is -0.733. The summed E-state index contributed by atoms with van der Waals surface area (Å²) >= 11 is 0. The second-order valence-electron chi connectivity index (χ2n) is 4.39. The van der Waals surface area contributed by atoms with Crippen molar-refractivity contribution in [3.05, 3.63) is 29.3 Å². The van der Waals surface area contributed by atoms with Crippen LogP contribution in [0.5, 0.6) is 0 Å². The van der Waals surface area contributed by atoms with E-state index in [9.17, 15) is 4.79 Å². The number of aliphatic carboxylic acids is 1. The molecular formula is C13H17NO2. The molecule has 0 fully saturated rings. The topological polar surface area (TPSA) is 49.3 Å². The third kappa shape index (κ3) is 1.77. The van der Waals surface area contributed by atoms with Crippen LogP contribution in [0.1, 0.15) is 25.0 Å². The fraction of sp³-hybridized carbons (Fsp3) is 0.462. The van der Waals surface area contributed by atoms with Crippen molar-refractivity contribution in [2.24, 2.45) is 5.92 Å². The van der Waals surface area contributed by atoms with E-state index in [1.165, 1.54) is 11.1 Å². The van der Waals surface area contributed by atoms with E-state index in [0.29, 0.717) is 0 Å². The third-order valence-corrected chi connectivity index (χ3v) is 3.38. The Hall–Kier alpha value is -1.51. The number of para-hydroxylation sites is 1. The van der Waals surface area contributed by atoms with Crippen LogP contribution < -0.4 is 5.32 Å². The van der Waals surface area contributed by atoms with Gasteiger partial charge in [0.1, 0.15) is 0 Å². The number of carbonyl (C=O) groups is 1. The first-order chi connectivity index (χ1) is 7.63. The summed E-state index contributed by atoms with van der Waals surface area (Å²) in [5.74, 6) is -1.08. The predicted molar refractivity (Wildman–Crippen MR) is 63.7 cm³/mol. The molecule has 0 spiro atoms. The van der Waals surface area contributed by atoms with Gasteiger partial charge in [0, 0.05) is 11.7 Å². The van der Waals surface area contributed by atoms with Gasteiger partial charge in [-0.1, -0.05) is 25.1 Å². The molecular weight excluding hydrogens is 202 g/mol. The third-order valence-electron chi connectivity index (χ3n) is 3.38. The molecule has 2 atom stereocenters. The highest BCUT2D eigenvalue weighted by atomic mass is 16.4. The number of carboxylic acids is 1. The summed E-state index contributed by atoms with van der Waals surface area (Å²) in [6.07, 6.45) is 1.79. The van der Waals surface area contributed by atoms with E-state index in [1.807, 2.05) is 6.07 Å². The van der Waals surface area contributed by atoms with E-state index >= 15 is 0 Å². The summed E-state index contributed by atoms with van der Waals surface area (Å²) in [5.41, 5.74) is 3.68. The second-order valence-corrected chi connectivity index (χ2v) is 4.39.